The van der Waals surface area contributed by atoms with Gasteiger partial charge in [0.25, 0.3) is 0 Å². The molecule has 1 fully saturated rings. The van der Waals surface area contributed by atoms with Crippen molar-refractivity contribution in [2.24, 2.45) is 0 Å². The molecule has 3 nitrogen and oxygen atoms in total. The molecule has 0 bridgehead atoms. The molecule has 84 valence electrons. The molecule has 1 aromatic carbocycles. The van der Waals surface area contributed by atoms with Gasteiger partial charge in [0.15, 0.2) is 0 Å². The van der Waals surface area contributed by atoms with Crippen LogP contribution in [0.1, 0.15) is 18.4 Å². The van der Waals surface area contributed by atoms with Crippen molar-refractivity contribution in [3.05, 3.63) is 42.0 Å². The Balaban J connectivity index is 1.99. The normalized spacial score (nSPS) is 25.7. The first-order valence-corrected chi connectivity index (χ1v) is 5.35. The molecule has 2 atom stereocenters. The Morgan fingerprint density at radius 1 is 1.31 bits per heavy atom. The van der Waals surface area contributed by atoms with E-state index in [4.69, 9.17) is 4.74 Å². The Hall–Kier alpha value is -1.61. The number of carbonyl (C=O) groups excluding carboxylic acids is 1. The number of rotatable bonds is 2. The second-order valence-electron chi connectivity index (χ2n) is 3.89. The van der Waals surface area contributed by atoms with Crippen LogP contribution in [0.15, 0.2) is 36.4 Å². The van der Waals surface area contributed by atoms with Crippen LogP contribution in [0.5, 0.6) is 0 Å². The molecule has 2 rings (SSSR count). The third-order valence-electron chi connectivity index (χ3n) is 2.49. The van der Waals surface area contributed by atoms with E-state index in [1.807, 2.05) is 42.5 Å². The highest BCUT2D eigenvalue weighted by molar-refractivity contribution is 5.71. The van der Waals surface area contributed by atoms with Gasteiger partial charge in [0, 0.05) is 6.42 Å². The average molecular weight is 218 g/mol. The van der Waals surface area contributed by atoms with Crippen LogP contribution in [0.25, 0.3) is 6.08 Å². The van der Waals surface area contributed by atoms with Crippen LogP contribution >= 0.6 is 0 Å². The van der Waals surface area contributed by atoms with E-state index < -0.39 is 6.10 Å². The molecule has 0 radical (unpaired) electrons. The van der Waals surface area contributed by atoms with E-state index in [1.54, 1.807) is 0 Å². The van der Waals surface area contributed by atoms with Crippen LogP contribution in [-0.4, -0.2) is 23.3 Å². The van der Waals surface area contributed by atoms with Gasteiger partial charge in [0.2, 0.25) is 0 Å². The zero-order chi connectivity index (χ0) is 11.4. The van der Waals surface area contributed by atoms with Gasteiger partial charge < -0.3 is 9.84 Å². The molecule has 0 aliphatic carbocycles. The van der Waals surface area contributed by atoms with Gasteiger partial charge in [-0.2, -0.15) is 0 Å². The fourth-order valence-electron chi connectivity index (χ4n) is 1.71. The maximum atomic E-state index is 11.1. The molecule has 0 unspecified atom stereocenters. The molecule has 0 saturated carbocycles. The summed E-state index contributed by atoms with van der Waals surface area (Å²) in [5, 5.41) is 9.41. The van der Waals surface area contributed by atoms with Gasteiger partial charge >= 0.3 is 5.97 Å². The highest BCUT2D eigenvalue weighted by Gasteiger charge is 2.25. The fraction of sp³-hybridized carbons (Fsp3) is 0.308. The molecule has 0 spiro atoms. The highest BCUT2D eigenvalue weighted by atomic mass is 16.5. The monoisotopic (exact) mass is 218 g/mol. The van der Waals surface area contributed by atoms with Crippen LogP contribution in [0, 0.1) is 0 Å². The summed E-state index contributed by atoms with van der Waals surface area (Å²) in [6.07, 6.45) is 3.42. The minimum atomic E-state index is -0.577. The minimum Gasteiger partial charge on any atom is -0.458 e. The molecule has 3 heteroatoms. The Kier molecular flexibility index (Phi) is 3.37. The molecule has 1 aliphatic heterocycles. The summed E-state index contributed by atoms with van der Waals surface area (Å²) < 4.78 is 5.09. The molecule has 0 aromatic heterocycles. The molecular weight excluding hydrogens is 204 g/mol. The maximum Gasteiger partial charge on any atom is 0.309 e. The third-order valence-corrected chi connectivity index (χ3v) is 2.49. The summed E-state index contributed by atoms with van der Waals surface area (Å²) in [4.78, 5) is 11.1. The van der Waals surface area contributed by atoms with Crippen LogP contribution < -0.4 is 0 Å². The van der Waals surface area contributed by atoms with Gasteiger partial charge in [-0.1, -0.05) is 36.4 Å². The second kappa shape index (κ2) is 4.94. The fourth-order valence-corrected chi connectivity index (χ4v) is 1.71. The zero-order valence-corrected chi connectivity index (χ0v) is 8.87. The second-order valence-corrected chi connectivity index (χ2v) is 3.89. The number of hydrogen-bond acceptors (Lipinski definition) is 3. The first-order valence-electron chi connectivity index (χ1n) is 5.35. The number of esters is 1. The predicted octanol–water partition coefficient (Wildman–Crippen LogP) is 1.77. The number of aliphatic hydroxyl groups excluding tert-OH is 1. The summed E-state index contributed by atoms with van der Waals surface area (Å²) in [6.45, 7) is 0. The SMILES string of the molecule is O=C1C[C@@H](O)C[C@H](/C=C/c2ccccc2)O1. The van der Waals surface area contributed by atoms with Gasteiger partial charge in [-0.05, 0) is 11.6 Å². The van der Waals surface area contributed by atoms with Crippen molar-refractivity contribution in [3.8, 4) is 0 Å². The Labute approximate surface area is 94.4 Å². The first kappa shape index (κ1) is 10.9. The van der Waals surface area contributed by atoms with E-state index in [1.165, 1.54) is 0 Å². The van der Waals surface area contributed by atoms with Gasteiger partial charge in [-0.25, -0.2) is 0 Å². The van der Waals surface area contributed by atoms with E-state index >= 15 is 0 Å². The van der Waals surface area contributed by atoms with Crippen molar-refractivity contribution >= 4 is 12.0 Å². The molecule has 1 N–H and O–H groups in total. The quantitative estimate of drug-likeness (QED) is 0.769. The number of cyclic esters (lactones) is 1. The van der Waals surface area contributed by atoms with Crippen LogP contribution in [0.3, 0.4) is 0 Å². The number of carbonyl (C=O) groups is 1. The summed E-state index contributed by atoms with van der Waals surface area (Å²) in [5.41, 5.74) is 1.05. The van der Waals surface area contributed by atoms with E-state index in [9.17, 15) is 9.90 Å². The predicted molar refractivity (Wildman–Crippen MR) is 60.6 cm³/mol. The molecule has 0 amide bonds. The Bertz CT molecular complexity index is 383. The Morgan fingerprint density at radius 2 is 2.06 bits per heavy atom. The molecule has 16 heavy (non-hydrogen) atoms. The smallest absolute Gasteiger partial charge is 0.309 e. The first-order chi connectivity index (χ1) is 7.74. The molecule has 1 heterocycles. The Morgan fingerprint density at radius 3 is 2.75 bits per heavy atom. The van der Waals surface area contributed by atoms with Crippen molar-refractivity contribution in [1.29, 1.82) is 0 Å². The van der Waals surface area contributed by atoms with Crippen molar-refractivity contribution in [1.82, 2.24) is 0 Å². The van der Waals surface area contributed by atoms with Crippen molar-refractivity contribution in [3.63, 3.8) is 0 Å². The van der Waals surface area contributed by atoms with E-state index in [0.717, 1.165) is 5.56 Å². The topological polar surface area (TPSA) is 46.5 Å². The van der Waals surface area contributed by atoms with E-state index in [0.29, 0.717) is 6.42 Å². The van der Waals surface area contributed by atoms with E-state index in [-0.39, 0.29) is 18.5 Å². The van der Waals surface area contributed by atoms with Gasteiger partial charge in [0.05, 0.1) is 12.5 Å². The molecule has 1 aliphatic rings. The number of ether oxygens (including phenoxy) is 1. The summed E-state index contributed by atoms with van der Waals surface area (Å²) in [7, 11) is 0. The van der Waals surface area contributed by atoms with Crippen LogP contribution in [0.4, 0.5) is 0 Å². The van der Waals surface area contributed by atoms with Crippen LogP contribution in [-0.2, 0) is 9.53 Å². The largest absolute Gasteiger partial charge is 0.458 e. The van der Waals surface area contributed by atoms with Gasteiger partial charge in [0.1, 0.15) is 6.10 Å². The lowest BCUT2D eigenvalue weighted by Gasteiger charge is -2.23. The third kappa shape index (κ3) is 2.94. The number of hydrogen-bond donors (Lipinski definition) is 1. The van der Waals surface area contributed by atoms with E-state index in [2.05, 4.69) is 0 Å². The lowest BCUT2D eigenvalue weighted by molar-refractivity contribution is -0.156. The molecule has 1 aromatic rings. The average Bonchev–Trinajstić information content (AvgIpc) is 2.27. The molecule has 1 saturated heterocycles. The van der Waals surface area contributed by atoms with Crippen molar-refractivity contribution in [2.45, 2.75) is 25.0 Å². The lowest BCUT2D eigenvalue weighted by Crippen LogP contribution is -2.31. The number of aliphatic hydroxyl groups is 1. The number of benzene rings is 1. The minimum absolute atomic E-state index is 0.107. The summed E-state index contributed by atoms with van der Waals surface area (Å²) >= 11 is 0. The van der Waals surface area contributed by atoms with Crippen LogP contribution in [0.2, 0.25) is 0 Å². The molecular formula is C13H14O3. The van der Waals surface area contributed by atoms with Crippen molar-refractivity contribution < 1.29 is 14.6 Å². The van der Waals surface area contributed by atoms with Gasteiger partial charge in [-0.15, -0.1) is 0 Å². The van der Waals surface area contributed by atoms with Crippen molar-refractivity contribution in [2.75, 3.05) is 0 Å². The highest BCUT2D eigenvalue weighted by Crippen LogP contribution is 2.16. The standard InChI is InChI=1S/C13H14O3/c14-11-8-12(16-13(15)9-11)7-6-10-4-2-1-3-5-10/h1-7,11-12,14H,8-9H2/b7-6+/t11-,12-/m0/s1. The van der Waals surface area contributed by atoms with Gasteiger partial charge in [-0.3, -0.25) is 4.79 Å². The zero-order valence-electron chi connectivity index (χ0n) is 8.87. The summed E-state index contributed by atoms with van der Waals surface area (Å²) in [5.74, 6) is -0.332. The maximum absolute atomic E-state index is 11.1. The lowest BCUT2D eigenvalue weighted by atomic mass is 10.0. The summed E-state index contributed by atoms with van der Waals surface area (Å²) in [6, 6.07) is 9.78.